The topological polar surface area (TPSA) is 80.3 Å². The molecule has 0 radical (unpaired) electrons. The smallest absolute Gasteiger partial charge is 0.252 e. The quantitative estimate of drug-likeness (QED) is 0.742. The Labute approximate surface area is 117 Å². The first-order chi connectivity index (χ1) is 9.77. The fraction of sp³-hybridized carbons (Fsp3) is 0.500. The predicted molar refractivity (Wildman–Crippen MR) is 73.2 cm³/mol. The summed E-state index contributed by atoms with van der Waals surface area (Å²) in [7, 11) is 0. The van der Waals surface area contributed by atoms with Crippen molar-refractivity contribution in [1.82, 2.24) is 15.6 Å². The van der Waals surface area contributed by atoms with Crippen LogP contribution < -0.4 is 10.6 Å². The standard InChI is InChI=1S/C14H19N3O3/c18-13(11-4-1-6-15-10-11)16-7-3-8-17-14(19)12-5-2-9-20-12/h1,4,6,10,12H,2-3,5,7-9H2,(H,16,18)(H,17,19). The van der Waals surface area contributed by atoms with Gasteiger partial charge in [-0.05, 0) is 31.4 Å². The van der Waals surface area contributed by atoms with Crippen molar-refractivity contribution in [1.29, 1.82) is 0 Å². The second-order valence-corrected chi connectivity index (χ2v) is 4.64. The number of hydrogen-bond donors (Lipinski definition) is 2. The summed E-state index contributed by atoms with van der Waals surface area (Å²) >= 11 is 0. The van der Waals surface area contributed by atoms with Gasteiger partial charge in [-0.15, -0.1) is 0 Å². The molecule has 2 rings (SSSR count). The van der Waals surface area contributed by atoms with Crippen molar-refractivity contribution in [3.05, 3.63) is 30.1 Å². The Kier molecular flexibility index (Phi) is 5.49. The summed E-state index contributed by atoms with van der Waals surface area (Å²) in [6.45, 7) is 1.71. The average molecular weight is 277 g/mol. The van der Waals surface area contributed by atoms with Crippen molar-refractivity contribution in [2.24, 2.45) is 0 Å². The summed E-state index contributed by atoms with van der Waals surface area (Å²) in [4.78, 5) is 27.2. The molecule has 2 amide bonds. The summed E-state index contributed by atoms with van der Waals surface area (Å²) in [6, 6.07) is 3.43. The van der Waals surface area contributed by atoms with Gasteiger partial charge in [-0.2, -0.15) is 0 Å². The summed E-state index contributed by atoms with van der Waals surface area (Å²) in [5.41, 5.74) is 0.538. The molecule has 6 heteroatoms. The first-order valence-corrected chi connectivity index (χ1v) is 6.85. The lowest BCUT2D eigenvalue weighted by molar-refractivity contribution is -0.130. The maximum Gasteiger partial charge on any atom is 0.252 e. The number of carbonyl (C=O) groups is 2. The molecule has 1 aliphatic rings. The van der Waals surface area contributed by atoms with Crippen LogP contribution >= 0.6 is 0 Å². The van der Waals surface area contributed by atoms with Crippen molar-refractivity contribution in [3.8, 4) is 0 Å². The normalized spacial score (nSPS) is 17.7. The highest BCUT2D eigenvalue weighted by molar-refractivity contribution is 5.93. The zero-order valence-electron chi connectivity index (χ0n) is 11.3. The van der Waals surface area contributed by atoms with Crippen molar-refractivity contribution in [2.45, 2.75) is 25.4 Å². The van der Waals surface area contributed by atoms with E-state index >= 15 is 0 Å². The number of aromatic nitrogens is 1. The van der Waals surface area contributed by atoms with Gasteiger partial charge in [-0.1, -0.05) is 0 Å². The maximum absolute atomic E-state index is 11.7. The number of hydrogen-bond acceptors (Lipinski definition) is 4. The minimum Gasteiger partial charge on any atom is -0.368 e. The molecule has 6 nitrogen and oxygen atoms in total. The van der Waals surface area contributed by atoms with E-state index in [1.54, 1.807) is 18.3 Å². The van der Waals surface area contributed by atoms with Crippen molar-refractivity contribution in [2.75, 3.05) is 19.7 Å². The van der Waals surface area contributed by atoms with Crippen molar-refractivity contribution in [3.63, 3.8) is 0 Å². The molecule has 1 unspecified atom stereocenters. The minimum absolute atomic E-state index is 0.0546. The molecule has 1 fully saturated rings. The molecule has 0 bridgehead atoms. The molecule has 0 aliphatic carbocycles. The molecule has 2 heterocycles. The van der Waals surface area contributed by atoms with Gasteiger partial charge in [0, 0.05) is 32.1 Å². The van der Waals surface area contributed by atoms with Gasteiger partial charge >= 0.3 is 0 Å². The van der Waals surface area contributed by atoms with Gasteiger partial charge in [0.05, 0.1) is 5.56 Å². The Morgan fingerprint density at radius 1 is 1.35 bits per heavy atom. The number of pyridine rings is 1. The number of carbonyl (C=O) groups excluding carboxylic acids is 2. The molecule has 2 N–H and O–H groups in total. The molecular formula is C14H19N3O3. The molecule has 1 aromatic rings. The highest BCUT2D eigenvalue weighted by Crippen LogP contribution is 2.11. The first-order valence-electron chi connectivity index (χ1n) is 6.85. The minimum atomic E-state index is -0.292. The monoisotopic (exact) mass is 277 g/mol. The van der Waals surface area contributed by atoms with Crippen LogP contribution in [0, 0.1) is 0 Å². The lowest BCUT2D eigenvalue weighted by Gasteiger charge is -2.10. The molecule has 0 spiro atoms. The number of amides is 2. The highest BCUT2D eigenvalue weighted by Gasteiger charge is 2.22. The molecule has 1 atom stereocenters. The first kappa shape index (κ1) is 14.5. The van der Waals surface area contributed by atoms with Crippen molar-refractivity contribution < 1.29 is 14.3 Å². The Balaban J connectivity index is 1.57. The van der Waals surface area contributed by atoms with E-state index in [1.165, 1.54) is 6.20 Å². The number of nitrogens with zero attached hydrogens (tertiary/aromatic N) is 1. The van der Waals surface area contributed by atoms with E-state index in [9.17, 15) is 9.59 Å². The van der Waals surface area contributed by atoms with Crippen LogP contribution in [0.15, 0.2) is 24.5 Å². The van der Waals surface area contributed by atoms with E-state index in [1.807, 2.05) is 0 Å². The number of rotatable bonds is 6. The molecule has 108 valence electrons. The van der Waals surface area contributed by atoms with E-state index in [4.69, 9.17) is 4.74 Å². The van der Waals surface area contributed by atoms with Gasteiger partial charge in [-0.25, -0.2) is 0 Å². The largest absolute Gasteiger partial charge is 0.368 e. The van der Waals surface area contributed by atoms with Gasteiger partial charge in [0.15, 0.2) is 0 Å². The van der Waals surface area contributed by atoms with Crippen LogP contribution in [0.5, 0.6) is 0 Å². The van der Waals surface area contributed by atoms with Crippen LogP contribution in [-0.4, -0.2) is 42.6 Å². The zero-order chi connectivity index (χ0) is 14.2. The van der Waals surface area contributed by atoms with E-state index < -0.39 is 0 Å². The summed E-state index contributed by atoms with van der Waals surface area (Å²) in [5, 5.41) is 5.59. The Hall–Kier alpha value is -1.95. The number of ether oxygens (including phenoxy) is 1. The van der Waals surface area contributed by atoms with E-state index in [-0.39, 0.29) is 17.9 Å². The predicted octanol–water partition coefficient (Wildman–Crippen LogP) is 0.497. The maximum atomic E-state index is 11.7. The third-order valence-corrected chi connectivity index (χ3v) is 3.08. The molecule has 20 heavy (non-hydrogen) atoms. The fourth-order valence-electron chi connectivity index (χ4n) is 2.00. The van der Waals surface area contributed by atoms with Crippen LogP contribution in [0.1, 0.15) is 29.6 Å². The Bertz CT molecular complexity index is 444. The Morgan fingerprint density at radius 2 is 2.20 bits per heavy atom. The van der Waals surface area contributed by atoms with Gasteiger partial charge in [0.1, 0.15) is 6.10 Å². The average Bonchev–Trinajstić information content (AvgIpc) is 3.01. The number of nitrogens with one attached hydrogen (secondary N) is 2. The SMILES string of the molecule is O=C(NCCCNC(=O)C1CCCO1)c1cccnc1. The van der Waals surface area contributed by atoms with Crippen LogP contribution in [0.2, 0.25) is 0 Å². The van der Waals surface area contributed by atoms with Crippen LogP contribution in [0.4, 0.5) is 0 Å². The zero-order valence-corrected chi connectivity index (χ0v) is 11.3. The Morgan fingerprint density at radius 3 is 2.90 bits per heavy atom. The van der Waals surface area contributed by atoms with E-state index in [2.05, 4.69) is 15.6 Å². The van der Waals surface area contributed by atoms with Crippen LogP contribution in [0.25, 0.3) is 0 Å². The second kappa shape index (κ2) is 7.59. The fourth-order valence-corrected chi connectivity index (χ4v) is 2.00. The summed E-state index contributed by atoms with van der Waals surface area (Å²) in [5.74, 6) is -0.204. The molecule has 1 aliphatic heterocycles. The van der Waals surface area contributed by atoms with Crippen LogP contribution in [0.3, 0.4) is 0 Å². The summed E-state index contributed by atoms with van der Waals surface area (Å²) < 4.78 is 5.28. The molecule has 0 saturated carbocycles. The van der Waals surface area contributed by atoms with E-state index in [0.29, 0.717) is 31.7 Å². The van der Waals surface area contributed by atoms with Gasteiger partial charge in [0.2, 0.25) is 5.91 Å². The van der Waals surface area contributed by atoms with E-state index in [0.717, 1.165) is 12.8 Å². The van der Waals surface area contributed by atoms with Crippen LogP contribution in [-0.2, 0) is 9.53 Å². The second-order valence-electron chi connectivity index (χ2n) is 4.64. The molecule has 0 aromatic carbocycles. The third-order valence-electron chi connectivity index (χ3n) is 3.08. The van der Waals surface area contributed by atoms with Gasteiger partial charge in [0.25, 0.3) is 5.91 Å². The molecule has 1 saturated heterocycles. The molecule has 1 aromatic heterocycles. The lowest BCUT2D eigenvalue weighted by atomic mass is 10.2. The van der Waals surface area contributed by atoms with Gasteiger partial charge < -0.3 is 15.4 Å². The van der Waals surface area contributed by atoms with Gasteiger partial charge in [-0.3, -0.25) is 14.6 Å². The summed E-state index contributed by atoms with van der Waals surface area (Å²) in [6.07, 6.45) is 5.28. The molecular weight excluding hydrogens is 258 g/mol. The lowest BCUT2D eigenvalue weighted by Crippen LogP contribution is -2.36. The van der Waals surface area contributed by atoms with Crippen molar-refractivity contribution >= 4 is 11.8 Å². The highest BCUT2D eigenvalue weighted by atomic mass is 16.5. The third kappa shape index (κ3) is 4.31.